The van der Waals surface area contributed by atoms with Crippen LogP contribution in [0.1, 0.15) is 50.9 Å². The van der Waals surface area contributed by atoms with Crippen molar-refractivity contribution in [1.82, 2.24) is 14.7 Å². The van der Waals surface area contributed by atoms with Crippen molar-refractivity contribution >= 4 is 0 Å². The highest BCUT2D eigenvalue weighted by Gasteiger charge is 2.30. The molecule has 0 bridgehead atoms. The van der Waals surface area contributed by atoms with Crippen molar-refractivity contribution in [3.05, 3.63) is 17.5 Å². The van der Waals surface area contributed by atoms with Crippen LogP contribution >= 0.6 is 0 Å². The van der Waals surface area contributed by atoms with Crippen LogP contribution in [0.5, 0.6) is 0 Å². The number of hydrogen-bond acceptors (Lipinski definition) is 3. The number of rotatable bonds is 4. The summed E-state index contributed by atoms with van der Waals surface area (Å²) in [4.78, 5) is 2.54. The maximum absolute atomic E-state index is 6.06. The fourth-order valence-electron chi connectivity index (χ4n) is 3.02. The molecule has 19 heavy (non-hydrogen) atoms. The first-order valence-corrected chi connectivity index (χ1v) is 7.43. The van der Waals surface area contributed by atoms with E-state index in [9.17, 15) is 0 Å². The summed E-state index contributed by atoms with van der Waals surface area (Å²) in [5, 5.41) is 4.56. The fraction of sp³-hybridized carbons (Fsp3) is 0.800. The molecule has 0 amide bonds. The minimum atomic E-state index is 0.333. The van der Waals surface area contributed by atoms with Gasteiger partial charge in [-0.25, -0.2) is 0 Å². The van der Waals surface area contributed by atoms with E-state index in [4.69, 9.17) is 5.73 Å². The summed E-state index contributed by atoms with van der Waals surface area (Å²) in [7, 11) is 2.00. The third kappa shape index (κ3) is 3.18. The molecule has 108 valence electrons. The predicted octanol–water partition coefficient (Wildman–Crippen LogP) is 2.10. The molecule has 4 heteroatoms. The minimum Gasteiger partial charge on any atom is -0.329 e. The van der Waals surface area contributed by atoms with Crippen molar-refractivity contribution < 1.29 is 0 Å². The number of piperidine rings is 1. The van der Waals surface area contributed by atoms with Crippen LogP contribution in [0.4, 0.5) is 0 Å². The quantitative estimate of drug-likeness (QED) is 0.906. The van der Waals surface area contributed by atoms with Gasteiger partial charge in [0.1, 0.15) is 0 Å². The summed E-state index contributed by atoms with van der Waals surface area (Å²) >= 11 is 0. The summed E-state index contributed by atoms with van der Waals surface area (Å²) in [6.45, 7) is 9.87. The number of hydrogen-bond donors (Lipinski definition) is 1. The van der Waals surface area contributed by atoms with Crippen LogP contribution in [-0.2, 0) is 13.5 Å². The number of likely N-dealkylation sites (tertiary alicyclic amines) is 1. The van der Waals surface area contributed by atoms with Crippen molar-refractivity contribution in [3.63, 3.8) is 0 Å². The van der Waals surface area contributed by atoms with Crippen LogP contribution < -0.4 is 5.73 Å². The number of aromatic nitrogens is 2. The smallest absolute Gasteiger partial charge is 0.0670 e. The van der Waals surface area contributed by atoms with E-state index < -0.39 is 0 Å². The van der Waals surface area contributed by atoms with Crippen molar-refractivity contribution in [3.8, 4) is 0 Å². The summed E-state index contributed by atoms with van der Waals surface area (Å²) in [6.07, 6.45) is 5.64. The van der Waals surface area contributed by atoms with Gasteiger partial charge in [0.15, 0.2) is 0 Å². The lowest BCUT2D eigenvalue weighted by molar-refractivity contribution is 0.0960. The number of aryl methyl sites for hydroxylation is 2. The molecule has 0 aliphatic carbocycles. The third-order valence-corrected chi connectivity index (χ3v) is 4.45. The maximum Gasteiger partial charge on any atom is 0.0670 e. The molecule has 1 fully saturated rings. The van der Waals surface area contributed by atoms with Gasteiger partial charge in [0.05, 0.1) is 11.7 Å². The molecule has 0 radical (unpaired) electrons. The van der Waals surface area contributed by atoms with Gasteiger partial charge in [-0.15, -0.1) is 0 Å². The third-order valence-electron chi connectivity index (χ3n) is 4.45. The van der Waals surface area contributed by atoms with Crippen LogP contribution in [-0.4, -0.2) is 34.3 Å². The Morgan fingerprint density at radius 2 is 2.00 bits per heavy atom. The van der Waals surface area contributed by atoms with E-state index in [0.717, 1.165) is 19.5 Å². The summed E-state index contributed by atoms with van der Waals surface area (Å²) in [5.74, 6) is 0. The molecule has 2 N–H and O–H groups in total. The normalized spacial score (nSPS) is 21.5. The highest BCUT2D eigenvalue weighted by atomic mass is 15.3. The SMILES string of the molecule is CCc1nn(C)cc1C(CN)N1CCC(C)(C)CC1. The zero-order chi connectivity index (χ0) is 14.0. The van der Waals surface area contributed by atoms with E-state index in [1.165, 1.54) is 24.1 Å². The van der Waals surface area contributed by atoms with Gasteiger partial charge in [-0.1, -0.05) is 20.8 Å². The first kappa shape index (κ1) is 14.5. The van der Waals surface area contributed by atoms with Crippen molar-refractivity contribution in [2.75, 3.05) is 19.6 Å². The highest BCUT2D eigenvalue weighted by molar-refractivity contribution is 5.22. The fourth-order valence-corrected chi connectivity index (χ4v) is 3.02. The molecule has 0 spiro atoms. The monoisotopic (exact) mass is 264 g/mol. The molecule has 2 rings (SSSR count). The van der Waals surface area contributed by atoms with E-state index in [-0.39, 0.29) is 0 Å². The molecule has 0 saturated carbocycles. The van der Waals surface area contributed by atoms with Gasteiger partial charge in [-0.2, -0.15) is 5.10 Å². The lowest BCUT2D eigenvalue weighted by atomic mass is 9.82. The van der Waals surface area contributed by atoms with Gasteiger partial charge in [-0.3, -0.25) is 9.58 Å². The minimum absolute atomic E-state index is 0.333. The lowest BCUT2D eigenvalue weighted by Gasteiger charge is -2.40. The molecule has 1 saturated heterocycles. The molecule has 1 aromatic heterocycles. The van der Waals surface area contributed by atoms with Crippen LogP contribution in [0, 0.1) is 5.41 Å². The van der Waals surface area contributed by atoms with Crippen LogP contribution in [0.3, 0.4) is 0 Å². The number of nitrogens with zero attached hydrogens (tertiary/aromatic N) is 3. The van der Waals surface area contributed by atoms with E-state index in [0.29, 0.717) is 18.0 Å². The molecule has 2 heterocycles. The Balaban J connectivity index is 2.16. The molecular weight excluding hydrogens is 236 g/mol. The van der Waals surface area contributed by atoms with Crippen molar-refractivity contribution in [2.45, 2.75) is 46.1 Å². The van der Waals surface area contributed by atoms with Gasteiger partial charge in [0.25, 0.3) is 0 Å². The first-order valence-electron chi connectivity index (χ1n) is 7.43. The second-order valence-electron chi connectivity index (χ2n) is 6.51. The number of nitrogens with two attached hydrogens (primary N) is 1. The van der Waals surface area contributed by atoms with Gasteiger partial charge in [-0.05, 0) is 37.8 Å². The van der Waals surface area contributed by atoms with Crippen LogP contribution in [0.25, 0.3) is 0 Å². The highest BCUT2D eigenvalue weighted by Crippen LogP contribution is 2.34. The van der Waals surface area contributed by atoms with E-state index in [1.54, 1.807) is 0 Å². The lowest BCUT2D eigenvalue weighted by Crippen LogP contribution is -2.42. The van der Waals surface area contributed by atoms with E-state index >= 15 is 0 Å². The summed E-state index contributed by atoms with van der Waals surface area (Å²) < 4.78 is 1.92. The molecule has 4 nitrogen and oxygen atoms in total. The zero-order valence-electron chi connectivity index (χ0n) is 12.8. The molecule has 1 aliphatic rings. The van der Waals surface area contributed by atoms with Crippen LogP contribution in [0.2, 0.25) is 0 Å². The molecule has 1 unspecified atom stereocenters. The van der Waals surface area contributed by atoms with Crippen LogP contribution in [0.15, 0.2) is 6.20 Å². The molecule has 1 aliphatic heterocycles. The average molecular weight is 264 g/mol. The van der Waals surface area contributed by atoms with Crippen molar-refractivity contribution in [1.29, 1.82) is 0 Å². The zero-order valence-corrected chi connectivity index (χ0v) is 12.8. The standard InChI is InChI=1S/C15H28N4/c1-5-13-12(11-18(4)17-13)14(10-16)19-8-6-15(2,3)7-9-19/h11,14H,5-10,16H2,1-4H3. The predicted molar refractivity (Wildman–Crippen MR) is 79.0 cm³/mol. The van der Waals surface area contributed by atoms with Gasteiger partial charge < -0.3 is 5.73 Å². The molecular formula is C15H28N4. The Morgan fingerprint density at radius 3 is 2.53 bits per heavy atom. The summed E-state index contributed by atoms with van der Waals surface area (Å²) in [5.41, 5.74) is 9.06. The van der Waals surface area contributed by atoms with Crippen molar-refractivity contribution in [2.24, 2.45) is 18.2 Å². The van der Waals surface area contributed by atoms with Gasteiger partial charge >= 0.3 is 0 Å². The molecule has 0 aromatic carbocycles. The Kier molecular flexibility index (Phi) is 4.31. The maximum atomic E-state index is 6.06. The molecule has 1 aromatic rings. The van der Waals surface area contributed by atoms with E-state index in [2.05, 4.69) is 37.0 Å². The molecule has 1 atom stereocenters. The van der Waals surface area contributed by atoms with E-state index in [1.807, 2.05) is 11.7 Å². The Hall–Kier alpha value is -0.870. The Morgan fingerprint density at radius 1 is 1.37 bits per heavy atom. The topological polar surface area (TPSA) is 47.1 Å². The summed E-state index contributed by atoms with van der Waals surface area (Å²) in [6, 6.07) is 0.333. The second kappa shape index (κ2) is 5.63. The van der Waals surface area contributed by atoms with Gasteiger partial charge in [0.2, 0.25) is 0 Å². The Labute approximate surface area is 117 Å². The average Bonchev–Trinajstić information content (AvgIpc) is 2.73. The first-order chi connectivity index (χ1) is 8.96. The Bertz CT molecular complexity index is 412. The second-order valence-corrected chi connectivity index (χ2v) is 6.51. The largest absolute Gasteiger partial charge is 0.329 e. The van der Waals surface area contributed by atoms with Gasteiger partial charge in [0, 0.05) is 25.4 Å².